The highest BCUT2D eigenvalue weighted by atomic mass is 16.5. The molecule has 0 radical (unpaired) electrons. The van der Waals surface area contributed by atoms with Gasteiger partial charge in [0.15, 0.2) is 0 Å². The van der Waals surface area contributed by atoms with Crippen molar-refractivity contribution in [1.82, 2.24) is 20.1 Å². The van der Waals surface area contributed by atoms with Gasteiger partial charge in [-0.25, -0.2) is 4.98 Å². The van der Waals surface area contributed by atoms with E-state index in [2.05, 4.69) is 15.2 Å². The lowest BCUT2D eigenvalue weighted by Crippen LogP contribution is -2.41. The van der Waals surface area contributed by atoms with Crippen LogP contribution in [0.15, 0.2) is 0 Å². The number of hydrogen-bond acceptors (Lipinski definition) is 4. The minimum Gasteiger partial charge on any atom is -0.378 e. The van der Waals surface area contributed by atoms with E-state index in [-0.39, 0.29) is 17.8 Å². The quantitative estimate of drug-likeness (QED) is 0.843. The third-order valence-corrected chi connectivity index (χ3v) is 2.92. The monoisotopic (exact) mass is 238 g/mol. The van der Waals surface area contributed by atoms with E-state index < -0.39 is 0 Å². The second kappa shape index (κ2) is 5.27. The van der Waals surface area contributed by atoms with Crippen LogP contribution in [0.2, 0.25) is 0 Å². The molecule has 0 aromatic carbocycles. The van der Waals surface area contributed by atoms with E-state index in [9.17, 15) is 4.79 Å². The van der Waals surface area contributed by atoms with Crippen molar-refractivity contribution >= 4 is 5.91 Å². The molecule has 0 bridgehead atoms. The Morgan fingerprint density at radius 3 is 2.76 bits per heavy atom. The van der Waals surface area contributed by atoms with Crippen molar-refractivity contribution in [3.63, 3.8) is 0 Å². The maximum Gasteiger partial charge on any atom is 0.293 e. The molecule has 94 valence electrons. The fraction of sp³-hybridized carbons (Fsp3) is 0.727. The predicted molar refractivity (Wildman–Crippen MR) is 61.7 cm³/mol. The molecule has 1 aliphatic rings. The molecule has 1 aromatic heterocycles. The number of likely N-dealkylation sites (tertiary alicyclic amines) is 1. The van der Waals surface area contributed by atoms with Crippen LogP contribution in [0.4, 0.5) is 0 Å². The lowest BCUT2D eigenvalue weighted by atomic mass is 10.1. The van der Waals surface area contributed by atoms with Crippen molar-refractivity contribution in [3.05, 3.63) is 11.6 Å². The van der Waals surface area contributed by atoms with Gasteiger partial charge in [0.05, 0.1) is 6.10 Å². The zero-order valence-corrected chi connectivity index (χ0v) is 10.3. The highest BCUT2D eigenvalue weighted by Crippen LogP contribution is 2.15. The number of piperidine rings is 1. The van der Waals surface area contributed by atoms with Crippen LogP contribution in [0.5, 0.6) is 0 Å². The molecule has 0 unspecified atom stereocenters. The topological polar surface area (TPSA) is 71.1 Å². The summed E-state index contributed by atoms with van der Waals surface area (Å²) >= 11 is 0. The zero-order valence-electron chi connectivity index (χ0n) is 10.3. The molecule has 6 nitrogen and oxygen atoms in total. The molecule has 1 saturated heterocycles. The molecule has 2 rings (SSSR count). The van der Waals surface area contributed by atoms with E-state index in [0.717, 1.165) is 32.5 Å². The Kier molecular flexibility index (Phi) is 3.73. The van der Waals surface area contributed by atoms with Gasteiger partial charge in [0.2, 0.25) is 5.82 Å². The van der Waals surface area contributed by atoms with Crippen LogP contribution < -0.4 is 0 Å². The lowest BCUT2D eigenvalue weighted by Gasteiger charge is -2.30. The number of carbonyl (C=O) groups excluding carboxylic acids is 1. The van der Waals surface area contributed by atoms with Gasteiger partial charge in [-0.3, -0.25) is 9.89 Å². The van der Waals surface area contributed by atoms with Crippen LogP contribution in [-0.2, 0) is 4.74 Å². The first-order valence-electron chi connectivity index (χ1n) is 6.00. The predicted octanol–water partition coefficient (Wildman–Crippen LogP) is 0.754. The average Bonchev–Trinajstić information content (AvgIpc) is 2.76. The summed E-state index contributed by atoms with van der Waals surface area (Å²) in [6.07, 6.45) is 2.07. The third-order valence-electron chi connectivity index (χ3n) is 2.92. The van der Waals surface area contributed by atoms with Crippen LogP contribution in [0.3, 0.4) is 0 Å². The number of nitrogens with zero attached hydrogens (tertiary/aromatic N) is 3. The molecule has 1 aliphatic heterocycles. The number of aromatic nitrogens is 3. The molecular weight excluding hydrogens is 220 g/mol. The van der Waals surface area contributed by atoms with Crippen molar-refractivity contribution in [3.8, 4) is 0 Å². The molecule has 0 atom stereocenters. The molecule has 1 amide bonds. The number of aryl methyl sites for hydroxylation is 1. The minimum absolute atomic E-state index is 0.0932. The molecule has 0 aliphatic carbocycles. The molecule has 0 spiro atoms. The van der Waals surface area contributed by atoms with E-state index in [4.69, 9.17) is 4.74 Å². The molecule has 0 saturated carbocycles. The number of ether oxygens (including phenoxy) is 1. The van der Waals surface area contributed by atoms with Gasteiger partial charge in [-0.15, -0.1) is 5.10 Å². The number of aromatic amines is 1. The Bertz CT molecular complexity index is 383. The Labute approximate surface area is 100 Å². The minimum atomic E-state index is -0.0932. The highest BCUT2D eigenvalue weighted by Gasteiger charge is 2.25. The first-order valence-corrected chi connectivity index (χ1v) is 6.00. The molecule has 1 aromatic rings. The summed E-state index contributed by atoms with van der Waals surface area (Å²) in [5.41, 5.74) is 0. The number of amides is 1. The third kappa shape index (κ3) is 2.82. The maximum atomic E-state index is 12.0. The van der Waals surface area contributed by atoms with Gasteiger partial charge < -0.3 is 9.64 Å². The van der Waals surface area contributed by atoms with E-state index in [1.807, 2.05) is 6.92 Å². The zero-order chi connectivity index (χ0) is 12.3. The molecule has 6 heteroatoms. The lowest BCUT2D eigenvalue weighted by molar-refractivity contribution is 0.0142. The van der Waals surface area contributed by atoms with Crippen LogP contribution in [0.1, 0.15) is 36.2 Å². The first-order chi connectivity index (χ1) is 8.20. The van der Waals surface area contributed by atoms with Crippen molar-refractivity contribution in [2.24, 2.45) is 0 Å². The summed E-state index contributed by atoms with van der Waals surface area (Å²) in [6.45, 7) is 5.95. The SMILES string of the molecule is CCOC1CCN(C(=O)c2n[nH]c(C)n2)CC1. The van der Waals surface area contributed by atoms with Crippen molar-refractivity contribution in [2.45, 2.75) is 32.8 Å². The normalized spacial score (nSPS) is 17.4. The van der Waals surface area contributed by atoms with E-state index in [1.54, 1.807) is 11.8 Å². The smallest absolute Gasteiger partial charge is 0.293 e. The number of H-pyrrole nitrogens is 1. The Morgan fingerprint density at radius 1 is 1.53 bits per heavy atom. The summed E-state index contributed by atoms with van der Waals surface area (Å²) in [5.74, 6) is 0.833. The summed E-state index contributed by atoms with van der Waals surface area (Å²) in [4.78, 5) is 17.9. The Morgan fingerprint density at radius 2 is 2.24 bits per heavy atom. The Balaban J connectivity index is 1.90. The largest absolute Gasteiger partial charge is 0.378 e. The van der Waals surface area contributed by atoms with E-state index >= 15 is 0 Å². The summed E-state index contributed by atoms with van der Waals surface area (Å²) in [6, 6.07) is 0. The number of hydrogen-bond donors (Lipinski definition) is 1. The average molecular weight is 238 g/mol. The molecule has 17 heavy (non-hydrogen) atoms. The summed E-state index contributed by atoms with van der Waals surface area (Å²) < 4.78 is 5.55. The van der Waals surface area contributed by atoms with Gasteiger partial charge in [0, 0.05) is 19.7 Å². The number of rotatable bonds is 3. The van der Waals surface area contributed by atoms with Gasteiger partial charge >= 0.3 is 0 Å². The fourth-order valence-electron chi connectivity index (χ4n) is 2.04. The standard InChI is InChI=1S/C11H18N4O2/c1-3-17-9-4-6-15(7-5-9)11(16)10-12-8(2)13-14-10/h9H,3-7H2,1-2H3,(H,12,13,14). The highest BCUT2D eigenvalue weighted by molar-refractivity contribution is 5.90. The van der Waals surface area contributed by atoms with Gasteiger partial charge in [0.25, 0.3) is 5.91 Å². The van der Waals surface area contributed by atoms with Gasteiger partial charge in [-0.2, -0.15) is 0 Å². The number of nitrogens with one attached hydrogen (secondary N) is 1. The fourth-order valence-corrected chi connectivity index (χ4v) is 2.04. The molecule has 1 N–H and O–H groups in total. The number of carbonyl (C=O) groups is 1. The van der Waals surface area contributed by atoms with Crippen molar-refractivity contribution in [2.75, 3.05) is 19.7 Å². The molecule has 2 heterocycles. The van der Waals surface area contributed by atoms with Crippen molar-refractivity contribution in [1.29, 1.82) is 0 Å². The van der Waals surface area contributed by atoms with Crippen LogP contribution >= 0.6 is 0 Å². The van der Waals surface area contributed by atoms with Crippen LogP contribution in [0, 0.1) is 6.92 Å². The van der Waals surface area contributed by atoms with Crippen molar-refractivity contribution < 1.29 is 9.53 Å². The maximum absolute atomic E-state index is 12.0. The molecule has 1 fully saturated rings. The van der Waals surface area contributed by atoms with Gasteiger partial charge in [0.1, 0.15) is 5.82 Å². The summed E-state index contributed by atoms with van der Waals surface area (Å²) in [5, 5.41) is 6.57. The first kappa shape index (κ1) is 12.0. The Hall–Kier alpha value is -1.43. The second-order valence-electron chi connectivity index (χ2n) is 4.19. The van der Waals surface area contributed by atoms with E-state index in [0.29, 0.717) is 5.82 Å². The van der Waals surface area contributed by atoms with E-state index in [1.165, 1.54) is 0 Å². The van der Waals surface area contributed by atoms with Crippen LogP contribution in [0.25, 0.3) is 0 Å². The summed E-state index contributed by atoms with van der Waals surface area (Å²) in [7, 11) is 0. The van der Waals surface area contributed by atoms with Gasteiger partial charge in [-0.1, -0.05) is 0 Å². The van der Waals surface area contributed by atoms with Gasteiger partial charge in [-0.05, 0) is 26.7 Å². The molecular formula is C11H18N4O2. The second-order valence-corrected chi connectivity index (χ2v) is 4.19. The van der Waals surface area contributed by atoms with Crippen LogP contribution in [-0.4, -0.2) is 51.8 Å².